The Kier molecular flexibility index (Phi) is 4.88. The lowest BCUT2D eigenvalue weighted by molar-refractivity contribution is 0.0456. The molecule has 0 atom stereocenters. The summed E-state index contributed by atoms with van der Waals surface area (Å²) in [5.74, 6) is 13.7. The van der Waals surface area contributed by atoms with Gasteiger partial charge in [-0.2, -0.15) is 11.8 Å². The van der Waals surface area contributed by atoms with Gasteiger partial charge in [0.05, 0.1) is 11.1 Å². The Morgan fingerprint density at radius 2 is 1.36 bits per heavy atom. The van der Waals surface area contributed by atoms with Crippen LogP contribution in [0.4, 0.5) is 0 Å². The molecule has 0 amide bonds. The molecule has 0 aromatic heterocycles. The van der Waals surface area contributed by atoms with Gasteiger partial charge in [-0.25, -0.2) is 9.59 Å². The van der Waals surface area contributed by atoms with E-state index in [0.29, 0.717) is 5.56 Å². The summed E-state index contributed by atoms with van der Waals surface area (Å²) in [5, 5.41) is 0. The van der Waals surface area contributed by atoms with Gasteiger partial charge < -0.3 is 9.68 Å². The van der Waals surface area contributed by atoms with Crippen molar-refractivity contribution < 1.29 is 19.3 Å². The van der Waals surface area contributed by atoms with Crippen LogP contribution in [0.3, 0.4) is 0 Å². The highest BCUT2D eigenvalue weighted by atomic mass is 16.7. The van der Waals surface area contributed by atoms with Gasteiger partial charge in [0.15, 0.2) is 0 Å². The van der Waals surface area contributed by atoms with Crippen LogP contribution in [0.15, 0.2) is 48.5 Å². The molecule has 2 aromatic rings. The van der Waals surface area contributed by atoms with Gasteiger partial charge in [0, 0.05) is 11.1 Å². The fourth-order valence-electron chi connectivity index (χ4n) is 1.76. The zero-order valence-corrected chi connectivity index (χ0v) is 11.4. The van der Waals surface area contributed by atoms with Crippen LogP contribution in [0.1, 0.15) is 31.8 Å². The summed E-state index contributed by atoms with van der Waals surface area (Å²) < 4.78 is 0. The fourth-order valence-corrected chi connectivity index (χ4v) is 1.76. The van der Waals surface area contributed by atoms with Gasteiger partial charge in [-0.15, -0.1) is 0 Å². The molecule has 0 radical (unpaired) electrons. The van der Waals surface area contributed by atoms with E-state index in [2.05, 4.69) is 21.5 Å². The van der Waals surface area contributed by atoms with Crippen molar-refractivity contribution in [3.8, 4) is 11.8 Å². The Labute approximate surface area is 126 Å². The SMILES string of the molecule is NOC(=O)c1ccc(C#Cc2ccccc2)cc1C(=O)ON. The highest BCUT2D eigenvalue weighted by molar-refractivity contribution is 6.03. The Morgan fingerprint density at radius 3 is 2.00 bits per heavy atom. The molecule has 0 bridgehead atoms. The normalized spacial score (nSPS) is 9.36. The van der Waals surface area contributed by atoms with Gasteiger partial charge >= 0.3 is 11.9 Å². The number of carbonyl (C=O) groups is 2. The summed E-state index contributed by atoms with van der Waals surface area (Å²) in [6.45, 7) is 0. The second-order valence-corrected chi connectivity index (χ2v) is 4.19. The van der Waals surface area contributed by atoms with E-state index in [0.717, 1.165) is 5.56 Å². The first-order chi connectivity index (χ1) is 10.7. The van der Waals surface area contributed by atoms with Crippen LogP contribution in [0, 0.1) is 11.8 Å². The van der Waals surface area contributed by atoms with E-state index in [4.69, 9.17) is 11.8 Å². The second kappa shape index (κ2) is 7.04. The number of benzene rings is 2. The lowest BCUT2D eigenvalue weighted by Gasteiger charge is -2.05. The van der Waals surface area contributed by atoms with E-state index in [1.165, 1.54) is 12.1 Å². The smallest absolute Gasteiger partial charge is 0.357 e. The molecule has 0 saturated carbocycles. The number of hydrogen-bond acceptors (Lipinski definition) is 6. The maximum Gasteiger partial charge on any atom is 0.357 e. The molecule has 0 spiro atoms. The number of hydrogen-bond donors (Lipinski definition) is 2. The number of rotatable bonds is 2. The first-order valence-electron chi connectivity index (χ1n) is 6.19. The van der Waals surface area contributed by atoms with E-state index in [9.17, 15) is 9.59 Å². The van der Waals surface area contributed by atoms with Gasteiger partial charge in [-0.05, 0) is 30.3 Å². The highest BCUT2D eigenvalue weighted by Gasteiger charge is 2.19. The number of nitrogens with two attached hydrogens (primary N) is 2. The molecule has 2 rings (SSSR count). The van der Waals surface area contributed by atoms with E-state index < -0.39 is 11.9 Å². The maximum atomic E-state index is 11.6. The Balaban J connectivity index is 2.41. The molecule has 0 aliphatic carbocycles. The molecule has 110 valence electrons. The van der Waals surface area contributed by atoms with Crippen molar-refractivity contribution in [1.29, 1.82) is 0 Å². The Bertz CT molecular complexity index is 761. The highest BCUT2D eigenvalue weighted by Crippen LogP contribution is 2.14. The summed E-state index contributed by atoms with van der Waals surface area (Å²) in [6.07, 6.45) is 0. The molecule has 6 nitrogen and oxygen atoms in total. The first kappa shape index (κ1) is 15.3. The van der Waals surface area contributed by atoms with Crippen molar-refractivity contribution in [2.24, 2.45) is 11.8 Å². The summed E-state index contributed by atoms with van der Waals surface area (Å²) in [4.78, 5) is 31.4. The molecule has 0 unspecified atom stereocenters. The van der Waals surface area contributed by atoms with Gasteiger partial charge in [0.25, 0.3) is 0 Å². The zero-order valence-electron chi connectivity index (χ0n) is 11.4. The predicted molar refractivity (Wildman–Crippen MR) is 78.1 cm³/mol. The molecule has 0 aliphatic rings. The average Bonchev–Trinajstić information content (AvgIpc) is 2.59. The summed E-state index contributed by atoms with van der Waals surface area (Å²) in [7, 11) is 0. The van der Waals surface area contributed by atoms with Crippen LogP contribution in [-0.2, 0) is 9.68 Å². The van der Waals surface area contributed by atoms with Crippen molar-refractivity contribution in [3.63, 3.8) is 0 Å². The van der Waals surface area contributed by atoms with Crippen molar-refractivity contribution in [3.05, 3.63) is 70.8 Å². The van der Waals surface area contributed by atoms with Crippen LogP contribution >= 0.6 is 0 Å². The summed E-state index contributed by atoms with van der Waals surface area (Å²) in [6, 6.07) is 13.6. The quantitative estimate of drug-likeness (QED) is 0.636. The molecule has 22 heavy (non-hydrogen) atoms. The van der Waals surface area contributed by atoms with Crippen LogP contribution in [0.2, 0.25) is 0 Å². The van der Waals surface area contributed by atoms with Gasteiger partial charge in [0.1, 0.15) is 0 Å². The van der Waals surface area contributed by atoms with Crippen molar-refractivity contribution in [1.82, 2.24) is 0 Å². The molecule has 0 saturated heterocycles. The van der Waals surface area contributed by atoms with Crippen molar-refractivity contribution in [2.45, 2.75) is 0 Å². The van der Waals surface area contributed by atoms with Crippen LogP contribution in [-0.4, -0.2) is 11.9 Å². The van der Waals surface area contributed by atoms with E-state index >= 15 is 0 Å². The second-order valence-electron chi connectivity index (χ2n) is 4.19. The largest absolute Gasteiger partial charge is 0.370 e. The fraction of sp³-hybridized carbons (Fsp3) is 0. The molecule has 6 heteroatoms. The van der Waals surface area contributed by atoms with Gasteiger partial charge in [0.2, 0.25) is 0 Å². The molecule has 0 fully saturated rings. The van der Waals surface area contributed by atoms with Crippen LogP contribution < -0.4 is 11.8 Å². The monoisotopic (exact) mass is 296 g/mol. The molecular formula is C16H12N2O4. The third kappa shape index (κ3) is 3.49. The number of carbonyl (C=O) groups excluding carboxylic acids is 2. The van der Waals surface area contributed by atoms with E-state index in [1.807, 2.05) is 30.3 Å². The van der Waals surface area contributed by atoms with Crippen molar-refractivity contribution in [2.75, 3.05) is 0 Å². The van der Waals surface area contributed by atoms with E-state index in [1.54, 1.807) is 6.07 Å². The third-order valence-electron chi connectivity index (χ3n) is 2.80. The Hall–Kier alpha value is -3.14. The molecule has 0 aliphatic heterocycles. The molecule has 4 N–H and O–H groups in total. The topological polar surface area (TPSA) is 105 Å². The zero-order chi connectivity index (χ0) is 15.9. The lowest BCUT2D eigenvalue weighted by Crippen LogP contribution is -2.18. The minimum atomic E-state index is -0.885. The third-order valence-corrected chi connectivity index (χ3v) is 2.80. The molecular weight excluding hydrogens is 284 g/mol. The standard InChI is InChI=1S/C16H12N2O4/c17-21-15(19)13-9-8-12(10-14(13)16(20)22-18)7-6-11-4-2-1-3-5-11/h1-5,8-10H,17-18H2. The van der Waals surface area contributed by atoms with E-state index in [-0.39, 0.29) is 11.1 Å². The minimum Gasteiger partial charge on any atom is -0.370 e. The maximum absolute atomic E-state index is 11.6. The van der Waals surface area contributed by atoms with Gasteiger partial charge in [-0.3, -0.25) is 0 Å². The first-order valence-corrected chi connectivity index (χ1v) is 6.19. The van der Waals surface area contributed by atoms with Gasteiger partial charge in [-0.1, -0.05) is 30.0 Å². The molecule has 0 heterocycles. The molecule has 2 aromatic carbocycles. The Morgan fingerprint density at radius 1 is 0.773 bits per heavy atom. The van der Waals surface area contributed by atoms with Crippen molar-refractivity contribution >= 4 is 11.9 Å². The lowest BCUT2D eigenvalue weighted by atomic mass is 10.0. The van der Waals surface area contributed by atoms with Crippen LogP contribution in [0.25, 0.3) is 0 Å². The predicted octanol–water partition coefficient (Wildman–Crippen LogP) is 1.15. The van der Waals surface area contributed by atoms with Crippen LogP contribution in [0.5, 0.6) is 0 Å². The minimum absolute atomic E-state index is 0.0526. The summed E-state index contributed by atoms with van der Waals surface area (Å²) >= 11 is 0. The average molecular weight is 296 g/mol. The summed E-state index contributed by atoms with van der Waals surface area (Å²) in [5.41, 5.74) is 1.20.